The second-order valence-electron chi connectivity index (χ2n) is 5.70. The van der Waals surface area contributed by atoms with Crippen LogP contribution in [-0.2, 0) is 6.54 Å². The maximum Gasteiger partial charge on any atom is 0.0426 e. The van der Waals surface area contributed by atoms with Crippen LogP contribution < -0.4 is 5.73 Å². The molecule has 1 aliphatic heterocycles. The minimum absolute atomic E-state index is 0.722. The van der Waals surface area contributed by atoms with Crippen LogP contribution >= 0.6 is 11.6 Å². The van der Waals surface area contributed by atoms with Crippen LogP contribution in [0.1, 0.15) is 44.6 Å². The summed E-state index contributed by atoms with van der Waals surface area (Å²) in [4.78, 5) is 2.54. The van der Waals surface area contributed by atoms with Crippen molar-refractivity contribution >= 4 is 17.3 Å². The zero-order chi connectivity index (χ0) is 13.7. The number of rotatable bonds is 4. The summed E-state index contributed by atoms with van der Waals surface area (Å²) in [5.41, 5.74) is 8.07. The first-order valence-electron chi connectivity index (χ1n) is 7.45. The number of hydrogen-bond donors (Lipinski definition) is 1. The largest absolute Gasteiger partial charge is 0.398 e. The van der Waals surface area contributed by atoms with E-state index in [-0.39, 0.29) is 0 Å². The van der Waals surface area contributed by atoms with Crippen LogP contribution in [-0.4, -0.2) is 18.0 Å². The Labute approximate surface area is 121 Å². The maximum absolute atomic E-state index is 6.04. The Balaban J connectivity index is 1.92. The molecule has 1 aromatic carbocycles. The Bertz CT molecular complexity index is 406. The Morgan fingerprint density at radius 3 is 2.89 bits per heavy atom. The van der Waals surface area contributed by atoms with E-state index in [1.54, 1.807) is 0 Å². The van der Waals surface area contributed by atoms with Gasteiger partial charge in [0.1, 0.15) is 0 Å². The Morgan fingerprint density at radius 2 is 2.16 bits per heavy atom. The lowest BCUT2D eigenvalue weighted by Gasteiger charge is -2.21. The Morgan fingerprint density at radius 1 is 1.32 bits per heavy atom. The quantitative estimate of drug-likeness (QED) is 0.832. The molecule has 2 N–H and O–H groups in total. The van der Waals surface area contributed by atoms with Gasteiger partial charge in [0.25, 0.3) is 0 Å². The van der Waals surface area contributed by atoms with Gasteiger partial charge in [-0.25, -0.2) is 0 Å². The van der Waals surface area contributed by atoms with E-state index < -0.39 is 0 Å². The number of hydrogen-bond acceptors (Lipinski definition) is 2. The first-order valence-corrected chi connectivity index (χ1v) is 7.83. The second kappa shape index (κ2) is 7.16. The minimum Gasteiger partial charge on any atom is -0.398 e. The van der Waals surface area contributed by atoms with Crippen LogP contribution in [0.4, 0.5) is 5.69 Å². The van der Waals surface area contributed by atoms with E-state index in [0.717, 1.165) is 23.2 Å². The molecule has 0 radical (unpaired) electrons. The first kappa shape index (κ1) is 14.7. The summed E-state index contributed by atoms with van der Waals surface area (Å²) < 4.78 is 0. The van der Waals surface area contributed by atoms with Gasteiger partial charge in [0, 0.05) is 17.3 Å². The van der Waals surface area contributed by atoms with Crippen molar-refractivity contribution in [3.8, 4) is 0 Å². The molecule has 0 aliphatic carbocycles. The Kier molecular flexibility index (Phi) is 5.53. The average Bonchev–Trinajstić information content (AvgIpc) is 2.59. The third-order valence-corrected chi connectivity index (χ3v) is 4.37. The number of nitrogens with two attached hydrogens (primary N) is 1. The number of likely N-dealkylation sites (tertiary alicyclic amines) is 1. The minimum atomic E-state index is 0.722. The van der Waals surface area contributed by atoms with Crippen LogP contribution in [0.5, 0.6) is 0 Å². The third kappa shape index (κ3) is 4.39. The van der Waals surface area contributed by atoms with Gasteiger partial charge in [-0.05, 0) is 56.0 Å². The van der Waals surface area contributed by atoms with Crippen molar-refractivity contribution in [2.75, 3.05) is 18.8 Å². The van der Waals surface area contributed by atoms with Crippen molar-refractivity contribution in [1.82, 2.24) is 4.90 Å². The van der Waals surface area contributed by atoms with Crippen LogP contribution in [0.2, 0.25) is 5.02 Å². The summed E-state index contributed by atoms with van der Waals surface area (Å²) >= 11 is 5.95. The molecule has 2 rings (SSSR count). The predicted molar refractivity (Wildman–Crippen MR) is 83.4 cm³/mol. The molecule has 1 fully saturated rings. The normalized spacial score (nSPS) is 21.3. The standard InChI is InChI=1S/C16H25ClN2/c1-2-4-13-5-3-9-19(10-8-13)12-14-6-7-15(17)11-16(14)18/h6-7,11,13H,2-5,8-10,12,18H2,1H3. The molecule has 0 amide bonds. The summed E-state index contributed by atoms with van der Waals surface area (Å²) in [7, 11) is 0. The number of halogens is 1. The maximum atomic E-state index is 6.04. The fourth-order valence-electron chi connectivity index (χ4n) is 3.03. The summed E-state index contributed by atoms with van der Waals surface area (Å²) in [6.07, 6.45) is 6.74. The number of benzene rings is 1. The molecule has 1 aliphatic rings. The highest BCUT2D eigenvalue weighted by Crippen LogP contribution is 2.24. The highest BCUT2D eigenvalue weighted by molar-refractivity contribution is 6.30. The van der Waals surface area contributed by atoms with Gasteiger partial charge in [-0.15, -0.1) is 0 Å². The van der Waals surface area contributed by atoms with E-state index >= 15 is 0 Å². The van der Waals surface area contributed by atoms with Crippen LogP contribution in [0.3, 0.4) is 0 Å². The van der Waals surface area contributed by atoms with Crippen molar-refractivity contribution in [1.29, 1.82) is 0 Å². The van der Waals surface area contributed by atoms with Gasteiger partial charge in [-0.3, -0.25) is 4.90 Å². The van der Waals surface area contributed by atoms with Gasteiger partial charge in [-0.1, -0.05) is 37.4 Å². The van der Waals surface area contributed by atoms with Crippen LogP contribution in [0.15, 0.2) is 18.2 Å². The molecular weight excluding hydrogens is 256 g/mol. The van der Waals surface area contributed by atoms with Gasteiger partial charge in [-0.2, -0.15) is 0 Å². The van der Waals surface area contributed by atoms with Crippen molar-refractivity contribution in [2.24, 2.45) is 5.92 Å². The van der Waals surface area contributed by atoms with Crippen molar-refractivity contribution in [2.45, 2.75) is 45.6 Å². The lowest BCUT2D eigenvalue weighted by atomic mass is 9.96. The fraction of sp³-hybridized carbons (Fsp3) is 0.625. The van der Waals surface area contributed by atoms with Gasteiger partial charge in [0.05, 0.1) is 0 Å². The topological polar surface area (TPSA) is 29.3 Å². The molecule has 2 nitrogen and oxygen atoms in total. The van der Waals surface area contributed by atoms with Gasteiger partial charge in [0.2, 0.25) is 0 Å². The molecule has 3 heteroatoms. The molecule has 1 unspecified atom stereocenters. The van der Waals surface area contributed by atoms with E-state index in [1.807, 2.05) is 12.1 Å². The van der Waals surface area contributed by atoms with Crippen molar-refractivity contribution in [3.63, 3.8) is 0 Å². The zero-order valence-electron chi connectivity index (χ0n) is 11.9. The molecule has 0 bridgehead atoms. The van der Waals surface area contributed by atoms with Crippen molar-refractivity contribution < 1.29 is 0 Å². The fourth-order valence-corrected chi connectivity index (χ4v) is 3.21. The summed E-state index contributed by atoms with van der Waals surface area (Å²) in [5, 5.41) is 0.722. The highest BCUT2D eigenvalue weighted by atomic mass is 35.5. The van der Waals surface area contributed by atoms with Crippen LogP contribution in [0, 0.1) is 5.92 Å². The van der Waals surface area contributed by atoms with E-state index in [9.17, 15) is 0 Å². The number of nitrogens with zero attached hydrogens (tertiary/aromatic N) is 1. The van der Waals surface area contributed by atoms with E-state index in [1.165, 1.54) is 50.8 Å². The second-order valence-corrected chi connectivity index (χ2v) is 6.14. The lowest BCUT2D eigenvalue weighted by Crippen LogP contribution is -2.24. The van der Waals surface area contributed by atoms with Gasteiger partial charge >= 0.3 is 0 Å². The predicted octanol–water partition coefficient (Wildman–Crippen LogP) is 4.32. The molecule has 106 valence electrons. The molecule has 1 heterocycles. The average molecular weight is 281 g/mol. The monoisotopic (exact) mass is 280 g/mol. The molecule has 1 aromatic rings. The smallest absolute Gasteiger partial charge is 0.0426 e. The molecule has 1 atom stereocenters. The third-order valence-electron chi connectivity index (χ3n) is 4.14. The summed E-state index contributed by atoms with van der Waals surface area (Å²) in [5.74, 6) is 0.928. The van der Waals surface area contributed by atoms with Gasteiger partial charge < -0.3 is 5.73 Å². The molecule has 0 spiro atoms. The summed E-state index contributed by atoms with van der Waals surface area (Å²) in [6.45, 7) is 5.65. The van der Waals surface area contributed by atoms with E-state index in [4.69, 9.17) is 17.3 Å². The van der Waals surface area contributed by atoms with Crippen LogP contribution in [0.25, 0.3) is 0 Å². The molecular formula is C16H25ClN2. The van der Waals surface area contributed by atoms with E-state index in [2.05, 4.69) is 17.9 Å². The van der Waals surface area contributed by atoms with E-state index in [0.29, 0.717) is 0 Å². The highest BCUT2D eigenvalue weighted by Gasteiger charge is 2.17. The SMILES string of the molecule is CCCC1CCCN(Cc2ccc(Cl)cc2N)CC1. The number of nitrogen functional groups attached to an aromatic ring is 1. The number of anilines is 1. The lowest BCUT2D eigenvalue weighted by molar-refractivity contribution is 0.272. The first-order chi connectivity index (χ1) is 9.19. The van der Waals surface area contributed by atoms with Crippen molar-refractivity contribution in [3.05, 3.63) is 28.8 Å². The zero-order valence-corrected chi connectivity index (χ0v) is 12.6. The molecule has 1 saturated heterocycles. The summed E-state index contributed by atoms with van der Waals surface area (Å²) in [6, 6.07) is 5.85. The Hall–Kier alpha value is -0.730. The molecule has 19 heavy (non-hydrogen) atoms. The van der Waals surface area contributed by atoms with Gasteiger partial charge in [0.15, 0.2) is 0 Å². The molecule has 0 aromatic heterocycles. The molecule has 0 saturated carbocycles.